The second kappa shape index (κ2) is 24.4. The van der Waals surface area contributed by atoms with E-state index in [0.717, 1.165) is 25.0 Å². The molecular formula is C40H44Cl2N8O11. The molecule has 0 spiro atoms. The molecule has 2 aromatic carbocycles. The van der Waals surface area contributed by atoms with E-state index in [4.69, 9.17) is 33.0 Å². The van der Waals surface area contributed by atoms with Crippen LogP contribution in [0.15, 0.2) is 67.1 Å². The number of imidazole rings is 2. The summed E-state index contributed by atoms with van der Waals surface area (Å²) in [5.41, 5.74) is 1.94. The fourth-order valence-electron chi connectivity index (χ4n) is 5.25. The van der Waals surface area contributed by atoms with Gasteiger partial charge in [0, 0.05) is 30.7 Å². The van der Waals surface area contributed by atoms with E-state index in [9.17, 15) is 43.2 Å². The van der Waals surface area contributed by atoms with Crippen LogP contribution in [0.3, 0.4) is 0 Å². The largest absolute Gasteiger partial charge is 0.481 e. The molecule has 0 fully saturated rings. The number of halogens is 2. The highest BCUT2D eigenvalue weighted by molar-refractivity contribution is 6.39. The van der Waals surface area contributed by atoms with Crippen LogP contribution < -0.4 is 21.3 Å². The fraction of sp³-hybridized carbons (Fsp3) is 0.325. The van der Waals surface area contributed by atoms with Gasteiger partial charge in [0.1, 0.15) is 30.2 Å². The van der Waals surface area contributed by atoms with Gasteiger partial charge in [0.25, 0.3) is 11.8 Å². The number of aromatic nitrogens is 4. The molecule has 0 aliphatic heterocycles. The van der Waals surface area contributed by atoms with Crippen molar-refractivity contribution >= 4 is 76.6 Å². The number of aldehydes is 1. The highest BCUT2D eigenvalue weighted by atomic mass is 35.5. The number of carboxylic acids is 1. The zero-order valence-corrected chi connectivity index (χ0v) is 34.7. The molecule has 0 unspecified atom stereocenters. The molecule has 4 amide bonds. The average molecular weight is 884 g/mol. The molecule has 7 N–H and O–H groups in total. The molecule has 0 aliphatic carbocycles. The predicted molar refractivity (Wildman–Crippen MR) is 219 cm³/mol. The third-order valence-electron chi connectivity index (χ3n) is 8.39. The van der Waals surface area contributed by atoms with E-state index in [1.807, 2.05) is 18.2 Å². The monoisotopic (exact) mass is 882 g/mol. The molecule has 4 rings (SSSR count). The molecule has 4 atom stereocenters. The molecule has 324 valence electrons. The molecule has 19 nitrogen and oxygen atoms in total. The Morgan fingerprint density at radius 1 is 0.803 bits per heavy atom. The smallest absolute Gasteiger partial charge is 0.341 e. The summed E-state index contributed by atoms with van der Waals surface area (Å²) < 4.78 is 4.89. The van der Waals surface area contributed by atoms with Crippen molar-refractivity contribution in [2.75, 3.05) is 6.61 Å². The summed E-state index contributed by atoms with van der Waals surface area (Å²) in [6.07, 6.45) is 6.61. The number of aryl methyl sites for hydroxylation is 2. The van der Waals surface area contributed by atoms with Crippen LogP contribution in [0.5, 0.6) is 0 Å². The average Bonchev–Trinajstić information content (AvgIpc) is 3.93. The highest BCUT2D eigenvalue weighted by Gasteiger charge is 2.28. The van der Waals surface area contributed by atoms with Gasteiger partial charge >= 0.3 is 11.9 Å². The number of aliphatic carboxylic acids is 1. The molecular weight excluding hydrogens is 839 g/mol. The molecule has 61 heavy (non-hydrogen) atoms. The number of ketones is 2. The van der Waals surface area contributed by atoms with Crippen LogP contribution in [0.2, 0.25) is 10.0 Å². The van der Waals surface area contributed by atoms with Crippen molar-refractivity contribution in [1.82, 2.24) is 41.2 Å². The lowest BCUT2D eigenvalue weighted by molar-refractivity contribution is -0.140. The molecule has 0 saturated carbocycles. The predicted octanol–water partition coefficient (Wildman–Crippen LogP) is 2.59. The normalized spacial score (nSPS) is 12.5. The van der Waals surface area contributed by atoms with Crippen LogP contribution in [0.4, 0.5) is 0 Å². The number of hydrogen-bond donors (Lipinski definition) is 7. The number of carbonyl (C=O) groups is 9. The van der Waals surface area contributed by atoms with Gasteiger partial charge in [0.05, 0.1) is 28.1 Å². The molecule has 0 bridgehead atoms. The maximum absolute atomic E-state index is 12.4. The van der Waals surface area contributed by atoms with Crippen molar-refractivity contribution in [3.8, 4) is 0 Å². The first-order chi connectivity index (χ1) is 29.0. The summed E-state index contributed by atoms with van der Waals surface area (Å²) >= 11 is 11.8. The highest BCUT2D eigenvalue weighted by Crippen LogP contribution is 2.25. The van der Waals surface area contributed by atoms with E-state index in [0.29, 0.717) is 6.29 Å². The van der Waals surface area contributed by atoms with Gasteiger partial charge in [-0.15, -0.1) is 0 Å². The number of Topliss-reactive ketones (excluding diaryl/α,β-unsaturated/α-hetero) is 2. The molecule has 0 radical (unpaired) electrons. The Morgan fingerprint density at radius 2 is 1.43 bits per heavy atom. The number of aromatic amines is 2. The lowest BCUT2D eigenvalue weighted by Gasteiger charge is -2.19. The van der Waals surface area contributed by atoms with Crippen molar-refractivity contribution in [3.63, 3.8) is 0 Å². The van der Waals surface area contributed by atoms with E-state index >= 15 is 0 Å². The standard InChI is InChI=1S/C21H26N4O4.C19H18Cl2N4O7/c1-14(27)11-18(13-26)25-20(28)15(2)23-21(29)19-22-12-17(24-19)10-6-9-16-7-4-3-5-8-16;1-9(24-18(30)16-22-5-6-23-16)17(29)25-12(7-14(27)28)13(26)8-32-19(31)15-10(20)3-2-4-11(15)21/h3-5,7-8,12-13,15,18H,6,9-11H2,1-2H3,(H,22,24)(H,23,29)(H,25,28);2-6,9,12H,7-8H2,1H3,(H,22,23)(H,24,30)(H,25,29)(H,27,28)/t15-,18-;9-,12-/m00/s1. The first-order valence-corrected chi connectivity index (χ1v) is 19.3. The first-order valence-electron chi connectivity index (χ1n) is 18.6. The summed E-state index contributed by atoms with van der Waals surface area (Å²) in [5.74, 6) is -5.96. The van der Waals surface area contributed by atoms with Crippen molar-refractivity contribution in [2.45, 2.75) is 77.0 Å². The maximum Gasteiger partial charge on any atom is 0.341 e. The van der Waals surface area contributed by atoms with Gasteiger partial charge in [0.15, 0.2) is 24.0 Å². The fourth-order valence-corrected chi connectivity index (χ4v) is 5.80. The quantitative estimate of drug-likeness (QED) is 0.0469. The number of nitrogens with zero attached hydrogens (tertiary/aromatic N) is 2. The van der Waals surface area contributed by atoms with Gasteiger partial charge in [-0.1, -0.05) is 59.6 Å². The van der Waals surface area contributed by atoms with Gasteiger partial charge in [-0.2, -0.15) is 0 Å². The number of nitrogens with one attached hydrogen (secondary N) is 6. The third kappa shape index (κ3) is 16.4. The van der Waals surface area contributed by atoms with Gasteiger partial charge in [-0.3, -0.25) is 33.6 Å². The Hall–Kier alpha value is -6.73. The lowest BCUT2D eigenvalue weighted by Crippen LogP contribution is -2.51. The van der Waals surface area contributed by atoms with Crippen LogP contribution in [0.1, 0.15) is 82.9 Å². The molecule has 4 aromatic rings. The summed E-state index contributed by atoms with van der Waals surface area (Å²) in [6.45, 7) is 3.32. The van der Waals surface area contributed by atoms with E-state index in [1.54, 1.807) is 6.20 Å². The molecule has 0 saturated heterocycles. The summed E-state index contributed by atoms with van der Waals surface area (Å²) in [6, 6.07) is 10.0. The summed E-state index contributed by atoms with van der Waals surface area (Å²) in [7, 11) is 0. The Labute approximate surface area is 359 Å². The van der Waals surface area contributed by atoms with Gasteiger partial charge in [-0.05, 0) is 57.7 Å². The van der Waals surface area contributed by atoms with E-state index in [1.165, 1.54) is 56.9 Å². The number of esters is 1. The Morgan fingerprint density at radius 3 is 2.00 bits per heavy atom. The number of carboxylic acid groups (broad SMARTS) is 1. The first kappa shape index (κ1) is 48.6. The van der Waals surface area contributed by atoms with Gasteiger partial charge < -0.3 is 45.9 Å². The van der Waals surface area contributed by atoms with Crippen LogP contribution in [0, 0.1) is 0 Å². The van der Waals surface area contributed by atoms with Crippen molar-refractivity contribution < 1.29 is 53.0 Å². The van der Waals surface area contributed by atoms with Crippen molar-refractivity contribution in [1.29, 1.82) is 0 Å². The SMILES string of the molecule is CC(=O)C[C@@H](C=O)NC(=O)[C@H](C)NC(=O)c1ncc(CCCc2ccccc2)[nH]1.C[C@H](NC(=O)c1ncc[nH]1)C(=O)N[C@@H](CC(=O)O)C(=O)COC(=O)c1c(Cl)cccc1Cl. The zero-order valence-electron chi connectivity index (χ0n) is 33.2. The van der Waals surface area contributed by atoms with E-state index in [-0.39, 0.29) is 39.5 Å². The minimum Gasteiger partial charge on any atom is -0.481 e. The van der Waals surface area contributed by atoms with Crippen LogP contribution in [-0.2, 0) is 46.3 Å². The molecule has 21 heteroatoms. The van der Waals surface area contributed by atoms with Gasteiger partial charge in [0.2, 0.25) is 11.8 Å². The molecule has 2 heterocycles. The Kier molecular flexibility index (Phi) is 19.4. The van der Waals surface area contributed by atoms with Crippen LogP contribution >= 0.6 is 23.2 Å². The number of ether oxygens (including phenoxy) is 1. The maximum atomic E-state index is 12.4. The number of benzene rings is 2. The zero-order chi connectivity index (χ0) is 45.1. The minimum atomic E-state index is -1.52. The van der Waals surface area contributed by atoms with Gasteiger partial charge in [-0.25, -0.2) is 14.8 Å². The number of hydrogen-bond acceptors (Lipinski definition) is 12. The Bertz CT molecular complexity index is 2160. The number of rotatable bonds is 21. The lowest BCUT2D eigenvalue weighted by atomic mass is 10.1. The topological polar surface area (TPSA) is 289 Å². The number of carbonyl (C=O) groups excluding carboxylic acids is 8. The Balaban J connectivity index is 0.000000327. The summed E-state index contributed by atoms with van der Waals surface area (Å²) in [4.78, 5) is 120. The van der Waals surface area contributed by atoms with Crippen molar-refractivity contribution in [2.24, 2.45) is 0 Å². The van der Waals surface area contributed by atoms with Crippen LogP contribution in [-0.4, -0.2) is 109 Å². The third-order valence-corrected chi connectivity index (χ3v) is 9.02. The summed E-state index contributed by atoms with van der Waals surface area (Å²) in [5, 5.41) is 18.6. The van der Waals surface area contributed by atoms with E-state index < -0.39 is 78.5 Å². The second-order valence-electron chi connectivity index (χ2n) is 13.4. The number of H-pyrrole nitrogens is 2. The number of amides is 4. The van der Waals surface area contributed by atoms with Crippen LogP contribution in [0.25, 0.3) is 0 Å². The minimum absolute atomic E-state index is 0.00598. The molecule has 0 aliphatic rings. The van der Waals surface area contributed by atoms with E-state index in [2.05, 4.69) is 53.3 Å². The second-order valence-corrected chi connectivity index (χ2v) is 14.2. The van der Waals surface area contributed by atoms with Crippen molar-refractivity contribution in [3.05, 3.63) is 106 Å². The molecule has 2 aromatic heterocycles.